The Labute approximate surface area is 120 Å². The summed E-state index contributed by atoms with van der Waals surface area (Å²) in [6.07, 6.45) is 0. The monoisotopic (exact) mass is 278 g/mol. The van der Waals surface area contributed by atoms with Gasteiger partial charge in [-0.3, -0.25) is 0 Å². The van der Waals surface area contributed by atoms with Crippen LogP contribution in [-0.2, 0) is 0 Å². The number of nitrogens with zero attached hydrogens (tertiary/aromatic N) is 4. The molecule has 0 radical (unpaired) electrons. The first-order valence-corrected chi connectivity index (χ1v) is 6.12. The molecule has 1 aromatic heterocycles. The van der Waals surface area contributed by atoms with Crippen molar-refractivity contribution >= 4 is 5.69 Å². The lowest BCUT2D eigenvalue weighted by molar-refractivity contribution is 0.405. The van der Waals surface area contributed by atoms with E-state index in [1.807, 2.05) is 18.2 Å². The third-order valence-electron chi connectivity index (χ3n) is 2.78. The minimum Gasteiger partial charge on any atom is -0.382 e. The summed E-state index contributed by atoms with van der Waals surface area (Å²) < 4.78 is 0. The smallest absolute Gasteiger partial charge is 0.204 e. The number of nitriles is 1. The van der Waals surface area contributed by atoms with Gasteiger partial charge < -0.3 is 4.84 Å². The molecule has 0 saturated carbocycles. The molecule has 0 aliphatic carbocycles. The van der Waals surface area contributed by atoms with E-state index in [-0.39, 0.29) is 0 Å². The van der Waals surface area contributed by atoms with Gasteiger partial charge >= 0.3 is 0 Å². The van der Waals surface area contributed by atoms with Gasteiger partial charge in [-0.15, -0.1) is 10.2 Å². The first-order valence-electron chi connectivity index (χ1n) is 6.12. The Bertz CT molecular complexity index is 761. The number of para-hydroxylation sites is 1. The summed E-state index contributed by atoms with van der Waals surface area (Å²) in [5, 5.41) is 22.7. The van der Waals surface area contributed by atoms with Gasteiger partial charge in [0, 0.05) is 5.56 Å². The number of aromatic amines is 1. The summed E-state index contributed by atoms with van der Waals surface area (Å²) in [7, 11) is 0. The average molecular weight is 278 g/mol. The summed E-state index contributed by atoms with van der Waals surface area (Å²) in [6.45, 7) is 0. The maximum absolute atomic E-state index is 8.99. The van der Waals surface area contributed by atoms with Gasteiger partial charge in [0.15, 0.2) is 5.75 Å². The van der Waals surface area contributed by atoms with Crippen LogP contribution in [0.3, 0.4) is 0 Å². The minimum absolute atomic E-state index is 0.515. The molecule has 102 valence electrons. The average Bonchev–Trinajstić information content (AvgIpc) is 3.08. The minimum atomic E-state index is 0.515. The second kappa shape index (κ2) is 5.71. The molecule has 0 bridgehead atoms. The number of nitrogens with one attached hydrogen (secondary N) is 2. The summed E-state index contributed by atoms with van der Waals surface area (Å²) >= 11 is 0. The van der Waals surface area contributed by atoms with Gasteiger partial charge in [-0.1, -0.05) is 12.1 Å². The lowest BCUT2D eigenvalue weighted by Gasteiger charge is -2.09. The van der Waals surface area contributed by atoms with Gasteiger partial charge in [0.25, 0.3) is 0 Å². The van der Waals surface area contributed by atoms with Gasteiger partial charge in [-0.25, -0.2) is 5.48 Å². The van der Waals surface area contributed by atoms with E-state index >= 15 is 0 Å². The first-order chi connectivity index (χ1) is 10.4. The van der Waals surface area contributed by atoms with Crippen LogP contribution in [0.25, 0.3) is 11.4 Å². The molecule has 0 amide bonds. The van der Waals surface area contributed by atoms with Crippen LogP contribution >= 0.6 is 0 Å². The molecule has 3 aromatic rings. The number of tetrazole rings is 1. The van der Waals surface area contributed by atoms with Crippen LogP contribution in [0.2, 0.25) is 0 Å². The first kappa shape index (κ1) is 12.6. The van der Waals surface area contributed by atoms with E-state index < -0.39 is 0 Å². The van der Waals surface area contributed by atoms with E-state index in [9.17, 15) is 0 Å². The molecule has 21 heavy (non-hydrogen) atoms. The highest BCUT2D eigenvalue weighted by molar-refractivity contribution is 5.57. The van der Waals surface area contributed by atoms with E-state index in [2.05, 4.69) is 32.2 Å². The third kappa shape index (κ3) is 2.79. The fraction of sp³-hybridized carbons (Fsp3) is 0. The molecule has 2 N–H and O–H groups in total. The van der Waals surface area contributed by atoms with Crippen molar-refractivity contribution in [3.05, 3.63) is 54.1 Å². The Kier molecular flexibility index (Phi) is 3.43. The number of rotatable bonds is 4. The molecule has 0 atom stereocenters. The Morgan fingerprint density at radius 1 is 1.10 bits per heavy atom. The zero-order chi connectivity index (χ0) is 14.5. The number of H-pyrrole nitrogens is 1. The fourth-order valence-electron chi connectivity index (χ4n) is 1.74. The molecule has 7 nitrogen and oxygen atoms in total. The Balaban J connectivity index is 1.70. The van der Waals surface area contributed by atoms with Crippen LogP contribution in [-0.4, -0.2) is 20.6 Å². The van der Waals surface area contributed by atoms with Gasteiger partial charge in [-0.05, 0) is 41.6 Å². The van der Waals surface area contributed by atoms with Gasteiger partial charge in [0.2, 0.25) is 5.82 Å². The number of aromatic nitrogens is 4. The fourth-order valence-corrected chi connectivity index (χ4v) is 1.74. The summed E-state index contributed by atoms with van der Waals surface area (Å²) in [5.74, 6) is 1.12. The van der Waals surface area contributed by atoms with Crippen LogP contribution in [0, 0.1) is 11.3 Å². The molecule has 3 rings (SSSR count). The van der Waals surface area contributed by atoms with Crippen LogP contribution < -0.4 is 10.3 Å². The standard InChI is InChI=1S/C14H10N6O/c15-9-11-3-1-2-4-13(11)18-21-12-7-5-10(6-8-12)14-16-19-20-17-14/h1-8,18H,(H,16,17,19,20). The number of hydrogen-bond donors (Lipinski definition) is 2. The van der Waals surface area contributed by atoms with Gasteiger partial charge in [-0.2, -0.15) is 10.5 Å². The lowest BCUT2D eigenvalue weighted by atomic mass is 10.2. The van der Waals surface area contributed by atoms with Crippen molar-refractivity contribution in [1.82, 2.24) is 20.6 Å². The van der Waals surface area contributed by atoms with E-state index in [1.165, 1.54) is 0 Å². The molecular weight excluding hydrogens is 268 g/mol. The highest BCUT2D eigenvalue weighted by Crippen LogP contribution is 2.20. The van der Waals surface area contributed by atoms with Crippen molar-refractivity contribution in [3.63, 3.8) is 0 Å². The quantitative estimate of drug-likeness (QED) is 0.709. The van der Waals surface area contributed by atoms with E-state index in [4.69, 9.17) is 10.1 Å². The van der Waals surface area contributed by atoms with Gasteiger partial charge in [0.05, 0.1) is 11.3 Å². The zero-order valence-corrected chi connectivity index (χ0v) is 10.8. The Morgan fingerprint density at radius 3 is 2.62 bits per heavy atom. The van der Waals surface area contributed by atoms with Crippen LogP contribution in [0.5, 0.6) is 5.75 Å². The molecule has 2 aromatic carbocycles. The summed E-state index contributed by atoms with van der Waals surface area (Å²) in [4.78, 5) is 5.44. The summed E-state index contributed by atoms with van der Waals surface area (Å²) in [6, 6.07) is 16.4. The van der Waals surface area contributed by atoms with Crippen molar-refractivity contribution < 1.29 is 4.84 Å². The van der Waals surface area contributed by atoms with Crippen LogP contribution in [0.15, 0.2) is 48.5 Å². The van der Waals surface area contributed by atoms with Crippen molar-refractivity contribution in [1.29, 1.82) is 5.26 Å². The maximum Gasteiger partial charge on any atom is 0.204 e. The van der Waals surface area contributed by atoms with Crippen LogP contribution in [0.1, 0.15) is 5.56 Å². The van der Waals surface area contributed by atoms with E-state index in [0.717, 1.165) is 5.56 Å². The third-order valence-corrected chi connectivity index (χ3v) is 2.78. The molecule has 0 fully saturated rings. The Morgan fingerprint density at radius 2 is 1.90 bits per heavy atom. The van der Waals surface area contributed by atoms with Crippen molar-refractivity contribution in [2.24, 2.45) is 0 Å². The summed E-state index contributed by atoms with van der Waals surface area (Å²) in [5.41, 5.74) is 4.72. The van der Waals surface area contributed by atoms with E-state index in [0.29, 0.717) is 22.8 Å². The zero-order valence-electron chi connectivity index (χ0n) is 10.8. The normalized spacial score (nSPS) is 9.86. The molecule has 0 aliphatic heterocycles. The number of hydrogen-bond acceptors (Lipinski definition) is 6. The highest BCUT2D eigenvalue weighted by atomic mass is 16.6. The second-order valence-corrected chi connectivity index (χ2v) is 4.12. The molecule has 7 heteroatoms. The lowest BCUT2D eigenvalue weighted by Crippen LogP contribution is -2.05. The predicted molar refractivity (Wildman–Crippen MR) is 75.0 cm³/mol. The molecular formula is C14H10N6O. The molecule has 0 spiro atoms. The van der Waals surface area contributed by atoms with E-state index in [1.54, 1.807) is 30.3 Å². The molecule has 0 saturated heterocycles. The van der Waals surface area contributed by atoms with Crippen molar-refractivity contribution in [2.75, 3.05) is 5.48 Å². The SMILES string of the molecule is N#Cc1ccccc1NOc1ccc(-c2nn[nH]n2)cc1. The van der Waals surface area contributed by atoms with Gasteiger partial charge in [0.1, 0.15) is 6.07 Å². The highest BCUT2D eigenvalue weighted by Gasteiger charge is 2.04. The van der Waals surface area contributed by atoms with Crippen LogP contribution in [0.4, 0.5) is 5.69 Å². The number of benzene rings is 2. The largest absolute Gasteiger partial charge is 0.382 e. The molecule has 0 unspecified atom stereocenters. The predicted octanol–water partition coefficient (Wildman–Crippen LogP) is 2.14. The van der Waals surface area contributed by atoms with Crippen molar-refractivity contribution in [3.8, 4) is 23.2 Å². The molecule has 1 heterocycles. The topological polar surface area (TPSA) is 99.5 Å². The second-order valence-electron chi connectivity index (χ2n) is 4.12. The maximum atomic E-state index is 8.99. The Hall–Kier alpha value is -3.40. The van der Waals surface area contributed by atoms with Crippen molar-refractivity contribution in [2.45, 2.75) is 0 Å². The molecule has 0 aliphatic rings. The number of anilines is 1.